The van der Waals surface area contributed by atoms with Gasteiger partial charge in [-0.2, -0.15) is 0 Å². The number of hydrogen-bond donors (Lipinski definition) is 1. The summed E-state index contributed by atoms with van der Waals surface area (Å²) in [5.74, 6) is 0. The fourth-order valence-electron chi connectivity index (χ4n) is 1.37. The van der Waals surface area contributed by atoms with Gasteiger partial charge in [-0.15, -0.1) is 11.3 Å². The molecule has 0 unspecified atom stereocenters. The molecule has 1 rings (SSSR count). The van der Waals surface area contributed by atoms with Crippen LogP contribution in [-0.2, 0) is 12.8 Å². The van der Waals surface area contributed by atoms with Crippen molar-refractivity contribution in [2.75, 3.05) is 6.54 Å². The molecule has 0 aliphatic rings. The van der Waals surface area contributed by atoms with Crippen LogP contribution in [0.15, 0.2) is 5.38 Å². The molecule has 0 atom stereocenters. The van der Waals surface area contributed by atoms with Crippen molar-refractivity contribution in [3.8, 4) is 0 Å². The van der Waals surface area contributed by atoms with E-state index >= 15 is 0 Å². The zero-order valence-electron chi connectivity index (χ0n) is 7.18. The molecule has 0 amide bonds. The maximum Gasteiger partial charge on any atom is 0.00489 e. The van der Waals surface area contributed by atoms with Crippen LogP contribution in [0, 0.1) is 6.92 Å². The molecule has 1 aromatic heterocycles. The Hall–Kier alpha value is -0.340. The zero-order valence-corrected chi connectivity index (χ0v) is 8.00. The largest absolute Gasteiger partial charge is 0.330 e. The Kier molecular flexibility index (Phi) is 3.09. The molecule has 11 heavy (non-hydrogen) atoms. The third-order valence-electron chi connectivity index (χ3n) is 1.96. The van der Waals surface area contributed by atoms with Crippen molar-refractivity contribution in [1.29, 1.82) is 0 Å². The molecule has 0 saturated heterocycles. The highest BCUT2D eigenvalue weighted by atomic mass is 32.1. The molecule has 0 aromatic carbocycles. The summed E-state index contributed by atoms with van der Waals surface area (Å²) in [6, 6.07) is 0. The summed E-state index contributed by atoms with van der Waals surface area (Å²) in [4.78, 5) is 1.45. The van der Waals surface area contributed by atoms with Crippen molar-refractivity contribution in [3.63, 3.8) is 0 Å². The van der Waals surface area contributed by atoms with Gasteiger partial charge in [-0.3, -0.25) is 0 Å². The first kappa shape index (κ1) is 8.75. The Morgan fingerprint density at radius 3 is 2.82 bits per heavy atom. The SMILES string of the molecule is CCc1c(CCN)csc1C. The molecule has 0 aliphatic heterocycles. The van der Waals surface area contributed by atoms with Crippen LogP contribution in [0.1, 0.15) is 22.9 Å². The minimum absolute atomic E-state index is 0.767. The highest BCUT2D eigenvalue weighted by molar-refractivity contribution is 7.10. The summed E-state index contributed by atoms with van der Waals surface area (Å²) in [5.41, 5.74) is 8.47. The monoisotopic (exact) mass is 169 g/mol. The van der Waals surface area contributed by atoms with E-state index in [2.05, 4.69) is 19.2 Å². The predicted molar refractivity (Wildman–Crippen MR) is 51.2 cm³/mol. The Balaban J connectivity index is 2.86. The fourth-order valence-corrected chi connectivity index (χ4v) is 2.37. The number of nitrogens with two attached hydrogens (primary N) is 1. The molecule has 0 spiro atoms. The number of rotatable bonds is 3. The first-order valence-electron chi connectivity index (χ1n) is 4.05. The van der Waals surface area contributed by atoms with E-state index in [-0.39, 0.29) is 0 Å². The second kappa shape index (κ2) is 3.88. The lowest BCUT2D eigenvalue weighted by molar-refractivity contribution is 0.945. The summed E-state index contributed by atoms with van der Waals surface area (Å²) in [7, 11) is 0. The summed E-state index contributed by atoms with van der Waals surface area (Å²) in [5, 5.41) is 2.24. The first-order chi connectivity index (χ1) is 5.29. The fraction of sp³-hybridized carbons (Fsp3) is 0.556. The van der Waals surface area contributed by atoms with E-state index in [0.29, 0.717) is 0 Å². The van der Waals surface area contributed by atoms with Crippen LogP contribution in [0.25, 0.3) is 0 Å². The van der Waals surface area contributed by atoms with Crippen molar-refractivity contribution in [2.45, 2.75) is 26.7 Å². The zero-order chi connectivity index (χ0) is 8.27. The molecule has 62 valence electrons. The molecule has 2 N–H and O–H groups in total. The van der Waals surface area contributed by atoms with E-state index in [1.54, 1.807) is 0 Å². The summed E-state index contributed by atoms with van der Waals surface area (Å²) in [6.45, 7) is 5.15. The lowest BCUT2D eigenvalue weighted by Crippen LogP contribution is -2.03. The Labute approximate surface area is 72.2 Å². The molecule has 1 nitrogen and oxygen atoms in total. The van der Waals surface area contributed by atoms with Gasteiger partial charge in [0.2, 0.25) is 0 Å². The molecule has 2 heteroatoms. The Morgan fingerprint density at radius 1 is 1.55 bits per heavy atom. The lowest BCUT2D eigenvalue weighted by atomic mass is 10.1. The minimum atomic E-state index is 0.767. The topological polar surface area (TPSA) is 26.0 Å². The smallest absolute Gasteiger partial charge is 0.00489 e. The van der Waals surface area contributed by atoms with Crippen LogP contribution < -0.4 is 5.73 Å². The van der Waals surface area contributed by atoms with Gasteiger partial charge in [0, 0.05) is 4.88 Å². The number of hydrogen-bond acceptors (Lipinski definition) is 2. The summed E-state index contributed by atoms with van der Waals surface area (Å²) < 4.78 is 0. The van der Waals surface area contributed by atoms with Crippen LogP contribution >= 0.6 is 11.3 Å². The van der Waals surface area contributed by atoms with Gasteiger partial charge in [0.1, 0.15) is 0 Å². The van der Waals surface area contributed by atoms with Gasteiger partial charge in [0.15, 0.2) is 0 Å². The first-order valence-corrected chi connectivity index (χ1v) is 4.93. The number of thiophene rings is 1. The molecule has 0 fully saturated rings. The van der Waals surface area contributed by atoms with E-state index in [4.69, 9.17) is 5.73 Å². The van der Waals surface area contributed by atoms with E-state index in [0.717, 1.165) is 19.4 Å². The van der Waals surface area contributed by atoms with Gasteiger partial charge in [0.25, 0.3) is 0 Å². The second-order valence-electron chi connectivity index (χ2n) is 2.69. The predicted octanol–water partition coefficient (Wildman–Crippen LogP) is 2.12. The molecule has 0 saturated carbocycles. The maximum atomic E-state index is 5.50. The third-order valence-corrected chi connectivity index (χ3v) is 2.96. The lowest BCUT2D eigenvalue weighted by Gasteiger charge is -1.99. The Bertz CT molecular complexity index is 227. The van der Waals surface area contributed by atoms with Crippen LogP contribution in [0.4, 0.5) is 0 Å². The van der Waals surface area contributed by atoms with E-state index in [9.17, 15) is 0 Å². The van der Waals surface area contributed by atoms with Crippen LogP contribution in [0.2, 0.25) is 0 Å². The standard InChI is InChI=1S/C9H15NS/c1-3-9-7(2)11-6-8(9)4-5-10/h6H,3-5,10H2,1-2H3. The molecular formula is C9H15NS. The van der Waals surface area contributed by atoms with E-state index < -0.39 is 0 Å². The molecule has 0 aliphatic carbocycles. The van der Waals surface area contributed by atoms with E-state index in [1.165, 1.54) is 16.0 Å². The van der Waals surface area contributed by atoms with Crippen molar-refractivity contribution in [3.05, 3.63) is 21.4 Å². The molecule has 1 aromatic rings. The average Bonchev–Trinajstić information content (AvgIpc) is 2.33. The molecule has 0 bridgehead atoms. The average molecular weight is 169 g/mol. The third kappa shape index (κ3) is 1.82. The highest BCUT2D eigenvalue weighted by Crippen LogP contribution is 2.22. The van der Waals surface area contributed by atoms with Gasteiger partial charge >= 0.3 is 0 Å². The van der Waals surface area contributed by atoms with Gasteiger partial charge < -0.3 is 5.73 Å². The second-order valence-corrected chi connectivity index (χ2v) is 3.77. The molecule has 0 radical (unpaired) electrons. The molecule has 1 heterocycles. The number of aryl methyl sites for hydroxylation is 1. The van der Waals surface area contributed by atoms with Crippen LogP contribution in [-0.4, -0.2) is 6.54 Å². The van der Waals surface area contributed by atoms with Gasteiger partial charge in [-0.25, -0.2) is 0 Å². The maximum absolute atomic E-state index is 5.50. The molecular weight excluding hydrogens is 154 g/mol. The van der Waals surface area contributed by atoms with Crippen molar-refractivity contribution >= 4 is 11.3 Å². The summed E-state index contributed by atoms with van der Waals surface area (Å²) in [6.07, 6.45) is 2.18. The van der Waals surface area contributed by atoms with Crippen LogP contribution in [0.3, 0.4) is 0 Å². The van der Waals surface area contributed by atoms with Crippen molar-refractivity contribution < 1.29 is 0 Å². The van der Waals surface area contributed by atoms with Gasteiger partial charge in [-0.05, 0) is 42.8 Å². The minimum Gasteiger partial charge on any atom is -0.330 e. The van der Waals surface area contributed by atoms with Crippen molar-refractivity contribution in [1.82, 2.24) is 0 Å². The highest BCUT2D eigenvalue weighted by Gasteiger charge is 2.04. The van der Waals surface area contributed by atoms with Gasteiger partial charge in [0.05, 0.1) is 0 Å². The van der Waals surface area contributed by atoms with Gasteiger partial charge in [-0.1, -0.05) is 6.92 Å². The van der Waals surface area contributed by atoms with E-state index in [1.807, 2.05) is 11.3 Å². The summed E-state index contributed by atoms with van der Waals surface area (Å²) >= 11 is 1.84. The van der Waals surface area contributed by atoms with Crippen LogP contribution in [0.5, 0.6) is 0 Å². The normalized spacial score (nSPS) is 10.5. The quantitative estimate of drug-likeness (QED) is 0.737. The Morgan fingerprint density at radius 2 is 2.27 bits per heavy atom. The van der Waals surface area contributed by atoms with Crippen molar-refractivity contribution in [2.24, 2.45) is 5.73 Å².